The van der Waals surface area contributed by atoms with Crippen LogP contribution in [-0.2, 0) is 6.42 Å². The van der Waals surface area contributed by atoms with Gasteiger partial charge in [-0.2, -0.15) is 0 Å². The largest absolute Gasteiger partial charge is 0.324 e. The minimum atomic E-state index is 0.926. The van der Waals surface area contributed by atoms with Crippen LogP contribution in [0, 0.1) is 0 Å². The number of fused-ring (bicyclic) bond motifs is 3. The van der Waals surface area contributed by atoms with E-state index in [1.165, 1.54) is 22.3 Å². The molecule has 0 atom stereocenters. The molecule has 0 bridgehead atoms. The van der Waals surface area contributed by atoms with Crippen LogP contribution < -0.4 is 22.5 Å². The smallest absolute Gasteiger partial charge is 0.0488 e. The van der Waals surface area contributed by atoms with E-state index in [0.29, 0.717) is 0 Å². The maximum absolute atomic E-state index is 5.42. The predicted octanol–water partition coefficient (Wildman–Crippen LogP) is 1.83. The molecule has 86 valence electrons. The van der Waals surface area contributed by atoms with Gasteiger partial charge >= 0.3 is 0 Å². The number of nitrogens with two attached hydrogens (primary N) is 2. The highest BCUT2D eigenvalue weighted by atomic mass is 15.2. The molecule has 0 aromatic heterocycles. The van der Waals surface area contributed by atoms with Crippen molar-refractivity contribution < 1.29 is 0 Å². The monoisotopic (exact) mass is 226 g/mol. The lowest BCUT2D eigenvalue weighted by atomic mass is 10.1. The van der Waals surface area contributed by atoms with Crippen LogP contribution in [0.3, 0.4) is 0 Å². The van der Waals surface area contributed by atoms with Gasteiger partial charge in [0.1, 0.15) is 0 Å². The molecule has 0 heterocycles. The zero-order chi connectivity index (χ0) is 11.8. The Labute approximate surface area is 99.6 Å². The van der Waals surface area contributed by atoms with Gasteiger partial charge in [0, 0.05) is 11.4 Å². The molecule has 2 aromatic carbocycles. The second kappa shape index (κ2) is 3.76. The summed E-state index contributed by atoms with van der Waals surface area (Å²) in [6.07, 6.45) is 0.926. The molecule has 0 saturated carbocycles. The van der Waals surface area contributed by atoms with Crippen molar-refractivity contribution in [1.82, 2.24) is 0 Å². The van der Waals surface area contributed by atoms with E-state index in [4.69, 9.17) is 11.7 Å². The molecule has 3 rings (SSSR count). The van der Waals surface area contributed by atoms with Crippen molar-refractivity contribution in [2.24, 2.45) is 11.7 Å². The Balaban J connectivity index is 2.10. The number of benzene rings is 2. The normalized spacial score (nSPS) is 11.9. The van der Waals surface area contributed by atoms with E-state index in [2.05, 4.69) is 35.1 Å². The molecule has 1 aliphatic rings. The highest BCUT2D eigenvalue weighted by molar-refractivity contribution is 5.80. The summed E-state index contributed by atoms with van der Waals surface area (Å²) in [6.45, 7) is 0. The Morgan fingerprint density at radius 3 is 1.65 bits per heavy atom. The van der Waals surface area contributed by atoms with Crippen LogP contribution in [0.25, 0.3) is 11.1 Å². The number of hydrazine groups is 2. The summed E-state index contributed by atoms with van der Waals surface area (Å²) in [7, 11) is 0. The number of hydrogen-bond donors (Lipinski definition) is 4. The Bertz CT molecular complexity index is 526. The van der Waals surface area contributed by atoms with Crippen molar-refractivity contribution in [1.29, 1.82) is 0 Å². The lowest BCUT2D eigenvalue weighted by Gasteiger charge is -2.05. The molecule has 4 nitrogen and oxygen atoms in total. The van der Waals surface area contributed by atoms with Crippen LogP contribution in [0.1, 0.15) is 11.1 Å². The molecule has 4 heteroatoms. The molecule has 0 unspecified atom stereocenters. The van der Waals surface area contributed by atoms with Gasteiger partial charge in [0.05, 0.1) is 0 Å². The number of hydrogen-bond acceptors (Lipinski definition) is 4. The summed E-state index contributed by atoms with van der Waals surface area (Å²) >= 11 is 0. The molecule has 0 amide bonds. The molecule has 0 fully saturated rings. The molecule has 6 N–H and O–H groups in total. The van der Waals surface area contributed by atoms with Gasteiger partial charge in [-0.3, -0.25) is 11.7 Å². The van der Waals surface area contributed by atoms with Crippen LogP contribution in [0.5, 0.6) is 0 Å². The van der Waals surface area contributed by atoms with Gasteiger partial charge in [0.25, 0.3) is 0 Å². The van der Waals surface area contributed by atoms with E-state index in [9.17, 15) is 0 Å². The number of nitrogen functional groups attached to an aromatic ring is 2. The van der Waals surface area contributed by atoms with E-state index in [1.54, 1.807) is 0 Å². The van der Waals surface area contributed by atoms with Gasteiger partial charge in [-0.15, -0.1) is 0 Å². The molecule has 17 heavy (non-hydrogen) atoms. The molecule has 0 spiro atoms. The third-order valence-electron chi connectivity index (χ3n) is 3.21. The first-order chi connectivity index (χ1) is 8.31. The fraction of sp³-hybridized carbons (Fsp3) is 0.0769. The minimum Gasteiger partial charge on any atom is -0.324 e. The highest BCUT2D eigenvalue weighted by Crippen LogP contribution is 2.38. The zero-order valence-corrected chi connectivity index (χ0v) is 9.33. The van der Waals surface area contributed by atoms with Gasteiger partial charge in [-0.05, 0) is 52.9 Å². The highest BCUT2D eigenvalue weighted by Gasteiger charge is 2.18. The average Bonchev–Trinajstić information content (AvgIpc) is 2.74. The third-order valence-corrected chi connectivity index (χ3v) is 3.21. The molecular formula is C13H14N4. The first-order valence-corrected chi connectivity index (χ1v) is 5.51. The van der Waals surface area contributed by atoms with Gasteiger partial charge in [0.2, 0.25) is 0 Å². The zero-order valence-electron chi connectivity index (χ0n) is 9.33. The molecule has 2 aromatic rings. The number of nitrogens with one attached hydrogen (secondary N) is 2. The molecular weight excluding hydrogens is 212 g/mol. The first-order valence-electron chi connectivity index (χ1n) is 5.51. The summed E-state index contributed by atoms with van der Waals surface area (Å²) < 4.78 is 0. The number of anilines is 2. The van der Waals surface area contributed by atoms with Crippen LogP contribution in [0.15, 0.2) is 36.4 Å². The fourth-order valence-corrected chi connectivity index (χ4v) is 2.39. The van der Waals surface area contributed by atoms with Gasteiger partial charge in [-0.1, -0.05) is 12.1 Å². The maximum atomic E-state index is 5.42. The predicted molar refractivity (Wildman–Crippen MR) is 70.3 cm³/mol. The number of rotatable bonds is 2. The van der Waals surface area contributed by atoms with Crippen molar-refractivity contribution in [2.75, 3.05) is 10.9 Å². The van der Waals surface area contributed by atoms with Crippen LogP contribution in [0.2, 0.25) is 0 Å². The van der Waals surface area contributed by atoms with Crippen molar-refractivity contribution >= 4 is 11.4 Å². The second-order valence-corrected chi connectivity index (χ2v) is 4.21. The average molecular weight is 226 g/mol. The topological polar surface area (TPSA) is 76.1 Å². The van der Waals surface area contributed by atoms with Gasteiger partial charge in [-0.25, -0.2) is 0 Å². The second-order valence-electron chi connectivity index (χ2n) is 4.21. The van der Waals surface area contributed by atoms with E-state index >= 15 is 0 Å². The lowest BCUT2D eigenvalue weighted by Crippen LogP contribution is -2.06. The summed E-state index contributed by atoms with van der Waals surface area (Å²) in [5, 5.41) is 0. The van der Waals surface area contributed by atoms with Crippen molar-refractivity contribution in [2.45, 2.75) is 6.42 Å². The first kappa shape index (κ1) is 10.1. The van der Waals surface area contributed by atoms with Crippen LogP contribution >= 0.6 is 0 Å². The summed E-state index contributed by atoms with van der Waals surface area (Å²) in [5.41, 5.74) is 12.4. The van der Waals surface area contributed by atoms with Crippen molar-refractivity contribution in [3.05, 3.63) is 47.5 Å². The van der Waals surface area contributed by atoms with Crippen molar-refractivity contribution in [3.63, 3.8) is 0 Å². The minimum absolute atomic E-state index is 0.926. The summed E-state index contributed by atoms with van der Waals surface area (Å²) in [6, 6.07) is 12.4. The quantitative estimate of drug-likeness (QED) is 0.397. The van der Waals surface area contributed by atoms with Crippen LogP contribution in [-0.4, -0.2) is 0 Å². The standard InChI is InChI=1S/C13H14N4/c14-16-10-1-3-12-8(6-10)5-9-7-11(17-15)2-4-13(9)12/h1-4,6-7,16-17H,5,14-15H2. The van der Waals surface area contributed by atoms with Gasteiger partial charge in [0.15, 0.2) is 0 Å². The molecule has 0 aliphatic heterocycles. The third kappa shape index (κ3) is 1.54. The fourth-order valence-electron chi connectivity index (χ4n) is 2.39. The lowest BCUT2D eigenvalue weighted by molar-refractivity contribution is 1.24. The SMILES string of the molecule is NNc1ccc2c(c1)Cc1cc(NN)ccc1-2. The van der Waals surface area contributed by atoms with E-state index in [1.807, 2.05) is 12.1 Å². The van der Waals surface area contributed by atoms with Gasteiger partial charge < -0.3 is 10.9 Å². The Morgan fingerprint density at radius 2 is 1.24 bits per heavy atom. The Kier molecular flexibility index (Phi) is 2.24. The van der Waals surface area contributed by atoms with Crippen LogP contribution in [0.4, 0.5) is 11.4 Å². The molecule has 1 aliphatic carbocycles. The molecule has 0 saturated heterocycles. The van der Waals surface area contributed by atoms with E-state index < -0.39 is 0 Å². The maximum Gasteiger partial charge on any atom is 0.0488 e. The van der Waals surface area contributed by atoms with E-state index in [-0.39, 0.29) is 0 Å². The Morgan fingerprint density at radius 1 is 0.765 bits per heavy atom. The summed E-state index contributed by atoms with van der Waals surface area (Å²) in [5.74, 6) is 10.8. The van der Waals surface area contributed by atoms with E-state index in [0.717, 1.165) is 17.8 Å². The Hall–Kier alpha value is -2.04. The summed E-state index contributed by atoms with van der Waals surface area (Å²) in [4.78, 5) is 0. The molecule has 0 radical (unpaired) electrons. The van der Waals surface area contributed by atoms with Crippen molar-refractivity contribution in [3.8, 4) is 11.1 Å².